The van der Waals surface area contributed by atoms with Crippen molar-refractivity contribution in [2.24, 2.45) is 5.92 Å². The predicted molar refractivity (Wildman–Crippen MR) is 72.6 cm³/mol. The maximum Gasteiger partial charge on any atom is 0.246 e. The first-order valence-electron chi connectivity index (χ1n) is 7.07. The summed E-state index contributed by atoms with van der Waals surface area (Å²) in [5, 5.41) is 2.79. The van der Waals surface area contributed by atoms with Crippen LogP contribution in [0.15, 0.2) is 0 Å². The molecule has 3 rings (SSSR count). The molecule has 1 saturated carbocycles. The first-order valence-corrected chi connectivity index (χ1v) is 8.90. The number of nitrogens with zero attached hydrogens (tertiary/aromatic N) is 1. The molecule has 6 nitrogen and oxygen atoms in total. The van der Waals surface area contributed by atoms with Crippen LogP contribution >= 0.6 is 0 Å². The van der Waals surface area contributed by atoms with E-state index >= 15 is 0 Å². The second-order valence-electron chi connectivity index (χ2n) is 6.55. The van der Waals surface area contributed by atoms with Gasteiger partial charge in [0.05, 0.1) is 17.0 Å². The van der Waals surface area contributed by atoms with Gasteiger partial charge in [-0.25, -0.2) is 8.42 Å². The van der Waals surface area contributed by atoms with E-state index in [9.17, 15) is 18.0 Å². The number of carbonyl (C=O) groups excluding carboxylic acids is 2. The van der Waals surface area contributed by atoms with Crippen LogP contribution in [-0.2, 0) is 19.4 Å². The highest BCUT2D eigenvalue weighted by molar-refractivity contribution is 7.91. The molecule has 2 amide bonds. The largest absolute Gasteiger partial charge is 0.342 e. The lowest BCUT2D eigenvalue weighted by molar-refractivity contribution is -0.155. The Bertz CT molecular complexity index is 569. The molecular formula is C13H20N2O4S. The average Bonchev–Trinajstić information content (AvgIpc) is 3.11. The van der Waals surface area contributed by atoms with Crippen molar-refractivity contribution in [2.45, 2.75) is 50.7 Å². The van der Waals surface area contributed by atoms with Gasteiger partial charge in [-0.2, -0.15) is 0 Å². The maximum atomic E-state index is 12.7. The van der Waals surface area contributed by atoms with Gasteiger partial charge in [0.2, 0.25) is 11.8 Å². The van der Waals surface area contributed by atoms with E-state index in [0.717, 1.165) is 12.8 Å². The SMILES string of the molecule is CC1C(=O)NC(C2CC2)C(=O)N1C1(C)CCS(=O)(=O)C1. The van der Waals surface area contributed by atoms with Gasteiger partial charge in [-0.15, -0.1) is 0 Å². The lowest BCUT2D eigenvalue weighted by atomic mass is 9.92. The predicted octanol–water partition coefficient (Wildman–Crippen LogP) is -0.311. The molecule has 3 unspecified atom stereocenters. The van der Waals surface area contributed by atoms with Crippen molar-refractivity contribution in [1.29, 1.82) is 0 Å². The summed E-state index contributed by atoms with van der Waals surface area (Å²) in [6.45, 7) is 3.46. The molecule has 0 radical (unpaired) electrons. The van der Waals surface area contributed by atoms with Crippen molar-refractivity contribution in [2.75, 3.05) is 11.5 Å². The minimum absolute atomic E-state index is 0.0409. The molecule has 3 aliphatic rings. The summed E-state index contributed by atoms with van der Waals surface area (Å²) in [5.41, 5.74) is -0.750. The lowest BCUT2D eigenvalue weighted by Crippen LogP contribution is -2.69. The number of amides is 2. The van der Waals surface area contributed by atoms with E-state index in [0.29, 0.717) is 6.42 Å². The topological polar surface area (TPSA) is 83.6 Å². The highest BCUT2D eigenvalue weighted by Gasteiger charge is 2.54. The van der Waals surface area contributed by atoms with Crippen LogP contribution in [0.5, 0.6) is 0 Å². The lowest BCUT2D eigenvalue weighted by Gasteiger charge is -2.46. The summed E-state index contributed by atoms with van der Waals surface area (Å²) >= 11 is 0. The molecule has 2 saturated heterocycles. The number of hydrogen-bond acceptors (Lipinski definition) is 4. The fourth-order valence-electron chi connectivity index (χ4n) is 3.46. The average molecular weight is 300 g/mol. The standard InChI is InChI=1S/C13H20N2O4S/c1-8-11(16)14-10(9-3-4-9)12(17)15(8)13(2)5-6-20(18,19)7-13/h8-10H,3-7H2,1-2H3,(H,14,16). The number of piperazine rings is 1. The second kappa shape index (κ2) is 4.19. The molecule has 1 N–H and O–H groups in total. The van der Waals surface area contributed by atoms with Crippen LogP contribution in [0.3, 0.4) is 0 Å². The van der Waals surface area contributed by atoms with Gasteiger partial charge in [0.1, 0.15) is 12.1 Å². The molecule has 0 aromatic carbocycles. The number of rotatable bonds is 2. The molecular weight excluding hydrogens is 280 g/mol. The minimum atomic E-state index is -3.12. The van der Waals surface area contributed by atoms with Crippen LogP contribution in [0.1, 0.15) is 33.1 Å². The van der Waals surface area contributed by atoms with Gasteiger partial charge in [0, 0.05) is 0 Å². The van der Waals surface area contributed by atoms with Gasteiger partial charge in [0.15, 0.2) is 9.84 Å². The molecule has 7 heteroatoms. The number of nitrogens with one attached hydrogen (secondary N) is 1. The van der Waals surface area contributed by atoms with Crippen molar-refractivity contribution in [1.82, 2.24) is 10.2 Å². The van der Waals surface area contributed by atoms with E-state index in [4.69, 9.17) is 0 Å². The summed E-state index contributed by atoms with van der Waals surface area (Å²) in [6.07, 6.45) is 2.32. The molecule has 0 spiro atoms. The van der Waals surface area contributed by atoms with Gasteiger partial charge in [-0.3, -0.25) is 9.59 Å². The normalized spacial score (nSPS) is 40.8. The van der Waals surface area contributed by atoms with E-state index in [1.807, 2.05) is 0 Å². The van der Waals surface area contributed by atoms with E-state index in [-0.39, 0.29) is 29.2 Å². The molecule has 2 heterocycles. The Morgan fingerprint density at radius 2 is 1.95 bits per heavy atom. The Balaban J connectivity index is 1.93. The smallest absolute Gasteiger partial charge is 0.246 e. The van der Waals surface area contributed by atoms with Gasteiger partial charge in [-0.1, -0.05) is 0 Å². The summed E-state index contributed by atoms with van der Waals surface area (Å²) in [5.74, 6) is -0.00880. The van der Waals surface area contributed by atoms with E-state index in [1.54, 1.807) is 18.7 Å². The molecule has 0 aromatic rings. The first-order chi connectivity index (χ1) is 9.23. The van der Waals surface area contributed by atoms with Crippen LogP contribution in [0.4, 0.5) is 0 Å². The van der Waals surface area contributed by atoms with Crippen LogP contribution in [0.2, 0.25) is 0 Å². The third kappa shape index (κ3) is 2.12. The highest BCUT2D eigenvalue weighted by atomic mass is 32.2. The van der Waals surface area contributed by atoms with Crippen molar-refractivity contribution < 1.29 is 18.0 Å². The van der Waals surface area contributed by atoms with Gasteiger partial charge < -0.3 is 10.2 Å². The van der Waals surface area contributed by atoms with Gasteiger partial charge in [0.25, 0.3) is 0 Å². The van der Waals surface area contributed by atoms with Crippen LogP contribution in [0.25, 0.3) is 0 Å². The Hall–Kier alpha value is -1.11. The van der Waals surface area contributed by atoms with Crippen molar-refractivity contribution in [3.63, 3.8) is 0 Å². The number of sulfone groups is 1. The zero-order valence-corrected chi connectivity index (χ0v) is 12.6. The Kier molecular flexibility index (Phi) is 2.90. The zero-order chi connectivity index (χ0) is 14.7. The zero-order valence-electron chi connectivity index (χ0n) is 11.8. The Labute approximate surface area is 118 Å². The number of hydrogen-bond donors (Lipinski definition) is 1. The molecule has 3 atom stereocenters. The monoisotopic (exact) mass is 300 g/mol. The molecule has 3 fully saturated rings. The molecule has 2 aliphatic heterocycles. The molecule has 112 valence electrons. The van der Waals surface area contributed by atoms with E-state index in [2.05, 4.69) is 5.32 Å². The van der Waals surface area contributed by atoms with Gasteiger partial charge in [-0.05, 0) is 39.0 Å². The van der Waals surface area contributed by atoms with E-state index in [1.165, 1.54) is 0 Å². The van der Waals surface area contributed by atoms with E-state index < -0.39 is 27.5 Å². The summed E-state index contributed by atoms with van der Waals surface area (Å²) in [4.78, 5) is 26.3. The van der Waals surface area contributed by atoms with Crippen molar-refractivity contribution in [3.05, 3.63) is 0 Å². The van der Waals surface area contributed by atoms with Crippen LogP contribution in [0, 0.1) is 5.92 Å². The molecule has 0 bridgehead atoms. The van der Waals surface area contributed by atoms with Crippen LogP contribution in [-0.4, -0.2) is 54.3 Å². The fraction of sp³-hybridized carbons (Fsp3) is 0.846. The van der Waals surface area contributed by atoms with Gasteiger partial charge >= 0.3 is 0 Å². The molecule has 20 heavy (non-hydrogen) atoms. The molecule has 1 aliphatic carbocycles. The Morgan fingerprint density at radius 1 is 1.30 bits per heavy atom. The Morgan fingerprint density at radius 3 is 2.45 bits per heavy atom. The van der Waals surface area contributed by atoms with Crippen molar-refractivity contribution >= 4 is 21.7 Å². The summed E-state index contributed by atoms with van der Waals surface area (Å²) in [7, 11) is -3.12. The third-order valence-electron chi connectivity index (χ3n) is 4.73. The summed E-state index contributed by atoms with van der Waals surface area (Å²) in [6, 6.07) is -1.06. The highest BCUT2D eigenvalue weighted by Crippen LogP contribution is 2.39. The van der Waals surface area contributed by atoms with Crippen LogP contribution < -0.4 is 5.32 Å². The quantitative estimate of drug-likeness (QED) is 0.758. The van der Waals surface area contributed by atoms with Crippen molar-refractivity contribution in [3.8, 4) is 0 Å². The first kappa shape index (κ1) is 13.9. The fourth-order valence-corrected chi connectivity index (χ4v) is 5.59. The molecule has 0 aromatic heterocycles. The second-order valence-corrected chi connectivity index (χ2v) is 8.73. The third-order valence-corrected chi connectivity index (χ3v) is 6.61. The maximum absolute atomic E-state index is 12.7. The number of carbonyl (C=O) groups is 2. The minimum Gasteiger partial charge on any atom is -0.342 e. The summed E-state index contributed by atoms with van der Waals surface area (Å²) < 4.78 is 23.5.